The first-order valence-electron chi connectivity index (χ1n) is 24.7. The number of aromatic nitrogens is 4. The summed E-state index contributed by atoms with van der Waals surface area (Å²) in [5.74, 6) is 0.648. The third kappa shape index (κ3) is 7.90. The highest BCUT2D eigenvalue weighted by Gasteiger charge is 2.41. The Morgan fingerprint density at radius 3 is 1.46 bits per heavy atom. The van der Waals surface area contributed by atoms with Crippen molar-refractivity contribution in [3.05, 3.63) is 195 Å². The molecule has 4 aliphatic rings. The van der Waals surface area contributed by atoms with Gasteiger partial charge in [0.2, 0.25) is 0 Å². The molecule has 7 heterocycles. The van der Waals surface area contributed by atoms with Crippen LogP contribution in [0.5, 0.6) is 0 Å². The molecular weight excluding hydrogens is 931 g/mol. The SMILES string of the molecule is CCCCCCCCN1C(=O)c2ccc3c4c(ccc(c24)C1=O)C(=O)N(c1c(F)cc(C#Cc2c4nc(c(-c5ccccc5)c5ccc(cc6ccc([nH]6)c(-c6ccccc6)c6nc2C=C6)[nH]5)C=C4)cc1F)C3=O. The molecule has 10 nitrogen and oxygen atoms in total. The van der Waals surface area contributed by atoms with Gasteiger partial charge < -0.3 is 9.97 Å². The van der Waals surface area contributed by atoms with Gasteiger partial charge in [0.15, 0.2) is 11.6 Å². The van der Waals surface area contributed by atoms with Crippen LogP contribution in [-0.2, 0) is 0 Å². The maximum Gasteiger partial charge on any atom is 0.266 e. The normalized spacial score (nSPS) is 13.6. The molecule has 8 bridgehead atoms. The monoisotopic (exact) mass is 974 g/mol. The van der Waals surface area contributed by atoms with Gasteiger partial charge in [0.05, 0.1) is 28.3 Å². The molecule has 0 spiro atoms. The number of imide groups is 2. The minimum atomic E-state index is -1.21. The summed E-state index contributed by atoms with van der Waals surface area (Å²) in [4.78, 5) is 75.4. The summed E-state index contributed by atoms with van der Waals surface area (Å²) in [6.07, 6.45) is 13.3. The molecule has 12 heteroatoms. The average molecular weight is 975 g/mol. The molecule has 0 fully saturated rings. The number of fused-ring (bicyclic) bond motifs is 8. The van der Waals surface area contributed by atoms with E-state index < -0.39 is 41.0 Å². The number of benzene rings is 5. The van der Waals surface area contributed by atoms with E-state index in [9.17, 15) is 19.2 Å². The highest BCUT2D eigenvalue weighted by atomic mass is 19.1. The lowest BCUT2D eigenvalue weighted by Crippen LogP contribution is -2.44. The van der Waals surface area contributed by atoms with Crippen molar-refractivity contribution in [1.82, 2.24) is 24.8 Å². The van der Waals surface area contributed by atoms with Crippen molar-refractivity contribution in [2.45, 2.75) is 45.4 Å². The number of anilines is 1. The van der Waals surface area contributed by atoms with Crippen LogP contribution in [0.2, 0.25) is 0 Å². The number of H-pyrrole nitrogens is 2. The second-order valence-corrected chi connectivity index (χ2v) is 18.7. The summed E-state index contributed by atoms with van der Waals surface area (Å²) < 4.78 is 33.2. The molecule has 0 saturated heterocycles. The lowest BCUT2D eigenvalue weighted by molar-refractivity contribution is 0.0606. The van der Waals surface area contributed by atoms with Crippen molar-refractivity contribution in [2.24, 2.45) is 0 Å². The van der Waals surface area contributed by atoms with Crippen LogP contribution in [0, 0.1) is 23.5 Å². The molecule has 0 radical (unpaired) electrons. The summed E-state index contributed by atoms with van der Waals surface area (Å²) >= 11 is 0. The van der Waals surface area contributed by atoms with Gasteiger partial charge in [-0.05, 0) is 109 Å². The predicted octanol–water partition coefficient (Wildman–Crippen LogP) is 13.6. The number of nitrogens with one attached hydrogen (secondary N) is 2. The number of hydrogen-bond acceptors (Lipinski definition) is 6. The Hall–Kier alpha value is -9.34. The molecule has 4 aliphatic heterocycles. The van der Waals surface area contributed by atoms with Gasteiger partial charge in [0.25, 0.3) is 23.6 Å². The largest absolute Gasteiger partial charge is 0.355 e. The number of aromatic amines is 2. The van der Waals surface area contributed by atoms with E-state index in [1.54, 1.807) is 0 Å². The molecule has 5 aromatic carbocycles. The first kappa shape index (κ1) is 45.8. The van der Waals surface area contributed by atoms with Crippen molar-refractivity contribution in [2.75, 3.05) is 11.4 Å². The van der Waals surface area contributed by atoms with Gasteiger partial charge in [-0.15, -0.1) is 0 Å². The quantitative estimate of drug-likeness (QED) is 0.0797. The highest BCUT2D eigenvalue weighted by molar-refractivity contribution is 6.39. The lowest BCUT2D eigenvalue weighted by atomic mass is 9.85. The van der Waals surface area contributed by atoms with E-state index in [4.69, 9.17) is 9.97 Å². The Morgan fingerprint density at radius 2 is 0.959 bits per heavy atom. The summed E-state index contributed by atoms with van der Waals surface area (Å²) in [5.41, 5.74) is 8.83. The maximum atomic E-state index is 16.6. The molecule has 0 unspecified atom stereocenters. The number of halogens is 2. The number of hydrogen-bond donors (Lipinski definition) is 2. The van der Waals surface area contributed by atoms with E-state index in [-0.39, 0.29) is 45.1 Å². The fourth-order valence-electron chi connectivity index (χ4n) is 10.5. The van der Waals surface area contributed by atoms with Crippen LogP contribution in [0.15, 0.2) is 127 Å². The first-order chi connectivity index (χ1) is 36.1. The number of rotatable bonds is 10. The number of carbonyl (C=O) groups is 4. The first-order valence-corrected chi connectivity index (χ1v) is 24.7. The van der Waals surface area contributed by atoms with Crippen LogP contribution in [0.4, 0.5) is 14.5 Å². The number of nitrogens with zero attached hydrogens (tertiary/aromatic N) is 4. The molecule has 0 aliphatic carbocycles. The Balaban J connectivity index is 0.950. The van der Waals surface area contributed by atoms with Crippen LogP contribution < -0.4 is 4.90 Å². The van der Waals surface area contributed by atoms with E-state index in [0.29, 0.717) is 39.7 Å². The lowest BCUT2D eigenvalue weighted by Gasteiger charge is -2.32. The second-order valence-electron chi connectivity index (χ2n) is 18.7. The van der Waals surface area contributed by atoms with Crippen molar-refractivity contribution in [3.63, 3.8) is 0 Å². The molecule has 2 N–H and O–H groups in total. The minimum absolute atomic E-state index is 0.0699. The Kier molecular flexibility index (Phi) is 11.6. The van der Waals surface area contributed by atoms with Crippen LogP contribution in [0.25, 0.3) is 79.4 Å². The predicted molar refractivity (Wildman–Crippen MR) is 286 cm³/mol. The topological polar surface area (TPSA) is 132 Å². The maximum absolute atomic E-state index is 16.6. The summed E-state index contributed by atoms with van der Waals surface area (Å²) in [7, 11) is 0. The van der Waals surface area contributed by atoms with Crippen molar-refractivity contribution < 1.29 is 28.0 Å². The summed E-state index contributed by atoms with van der Waals surface area (Å²) in [5, 5.41) is 0.283. The van der Waals surface area contributed by atoms with Gasteiger partial charge in [-0.25, -0.2) is 23.6 Å². The smallest absolute Gasteiger partial charge is 0.266 e. The second kappa shape index (κ2) is 18.7. The standard InChI is InChI=1S/C62H44F2N6O4/c1-2-3-4-5-6-13-32-69-59(71)42-22-24-44-57-45(25-23-43(56(42)57)60(69)72)62(74)70(61(44)73)58-46(63)33-36(34-47(58)64)18-21-41-48-28-30-52(67-48)54(37-14-9-7-10-15-37)50-26-19-39(65-50)35-40-20-27-51(66-40)55(38-16-11-8-12-17-38)53-31-29-49(41)68-53/h7-12,14-17,19-20,22-31,33-35,65-66H,2-6,13,32H2,1H3. The van der Waals surface area contributed by atoms with Crippen molar-refractivity contribution in [1.29, 1.82) is 0 Å². The van der Waals surface area contributed by atoms with E-state index in [2.05, 4.69) is 28.7 Å². The van der Waals surface area contributed by atoms with Crippen LogP contribution >= 0.6 is 0 Å². The molecule has 0 saturated carbocycles. The van der Waals surface area contributed by atoms with E-state index >= 15 is 8.78 Å². The van der Waals surface area contributed by atoms with Gasteiger partial charge in [0, 0.05) is 78.3 Å². The third-order valence-corrected chi connectivity index (χ3v) is 14.0. The molecule has 4 amide bonds. The molecule has 360 valence electrons. The molecule has 74 heavy (non-hydrogen) atoms. The van der Waals surface area contributed by atoms with Crippen molar-refractivity contribution >= 4 is 86.5 Å². The third-order valence-electron chi connectivity index (χ3n) is 14.0. The summed E-state index contributed by atoms with van der Waals surface area (Å²) in [6, 6.07) is 37.5. The van der Waals surface area contributed by atoms with Gasteiger partial charge in [-0.2, -0.15) is 0 Å². The summed E-state index contributed by atoms with van der Waals surface area (Å²) in [6.45, 7) is 2.37. The molecule has 12 rings (SSSR count). The number of amides is 4. The van der Waals surface area contributed by atoms with Gasteiger partial charge in [-0.1, -0.05) is 112 Å². The minimum Gasteiger partial charge on any atom is -0.355 e. The highest BCUT2D eigenvalue weighted by Crippen LogP contribution is 2.41. The molecular formula is C62H44F2N6O4. The fraction of sp³-hybridized carbons (Fsp3) is 0.129. The molecule has 8 aromatic rings. The van der Waals surface area contributed by atoms with Crippen LogP contribution in [-0.4, -0.2) is 55.0 Å². The number of unbranched alkanes of at least 4 members (excludes halogenated alkanes) is 5. The Bertz CT molecular complexity index is 3800. The average Bonchev–Trinajstić information content (AvgIpc) is 4.28. The van der Waals surface area contributed by atoms with Crippen molar-refractivity contribution in [3.8, 4) is 34.1 Å². The van der Waals surface area contributed by atoms with Gasteiger partial charge >= 0.3 is 0 Å². The Morgan fingerprint density at radius 1 is 0.500 bits per heavy atom. The van der Waals surface area contributed by atoms with Crippen LogP contribution in [0.1, 0.15) is 121 Å². The van der Waals surface area contributed by atoms with Gasteiger partial charge in [0.1, 0.15) is 5.69 Å². The molecule has 0 atom stereocenters. The number of carbonyl (C=O) groups excluding carboxylic acids is 4. The molecule has 3 aromatic heterocycles. The van der Waals surface area contributed by atoms with Crippen LogP contribution in [0.3, 0.4) is 0 Å². The zero-order valence-corrected chi connectivity index (χ0v) is 40.1. The van der Waals surface area contributed by atoms with Gasteiger partial charge in [-0.3, -0.25) is 24.1 Å². The zero-order chi connectivity index (χ0) is 50.6. The van der Waals surface area contributed by atoms with E-state index in [1.165, 1.54) is 29.2 Å². The van der Waals surface area contributed by atoms with E-state index in [1.807, 2.05) is 115 Å². The zero-order valence-electron chi connectivity index (χ0n) is 40.1. The van der Waals surface area contributed by atoms with E-state index in [0.717, 1.165) is 88.6 Å². The Labute approximate surface area is 423 Å². The fourth-order valence-corrected chi connectivity index (χ4v) is 10.5.